The number of hydrogen-bond acceptors (Lipinski definition) is 4. The summed E-state index contributed by atoms with van der Waals surface area (Å²) in [5.74, 6) is 4.81. The normalized spacial score (nSPS) is 10.9. The second kappa shape index (κ2) is 5.16. The summed E-state index contributed by atoms with van der Waals surface area (Å²) in [5.41, 5.74) is 1.12. The van der Waals surface area contributed by atoms with Crippen molar-refractivity contribution in [1.82, 2.24) is 0 Å². The minimum Gasteiger partial charge on any atom is -0.182 e. The Morgan fingerprint density at radius 3 is 2.75 bits per heavy atom. The Morgan fingerprint density at radius 1 is 1.19 bits per heavy atom. The fraction of sp³-hybridized carbons (Fsp3) is 0.0909. The van der Waals surface area contributed by atoms with Crippen molar-refractivity contribution in [3.8, 4) is 0 Å². The van der Waals surface area contributed by atoms with E-state index in [0.29, 0.717) is 0 Å². The Hall–Kier alpha value is -0.590. The molecule has 2 aromatic carbocycles. The van der Waals surface area contributed by atoms with E-state index in [4.69, 9.17) is 5.90 Å². The maximum absolute atomic E-state index is 4.81. The van der Waals surface area contributed by atoms with E-state index in [1.807, 2.05) is 19.1 Å². The molecule has 0 spiro atoms. The van der Waals surface area contributed by atoms with Crippen molar-refractivity contribution in [2.75, 3.05) is 0 Å². The Kier molecular flexibility index (Phi) is 3.83. The third-order valence-electron chi connectivity index (χ3n) is 2.26. The van der Waals surface area contributed by atoms with E-state index in [2.05, 4.69) is 43.5 Å². The standard InChI is InChI=1S/C11H10BrNO2S/c1-7-4-8-2-3-10(12)5-9(8)6-11(7)16-15-14-13/h2-6H,13H2,1H3. The van der Waals surface area contributed by atoms with Gasteiger partial charge in [-0.2, -0.15) is 5.90 Å². The molecule has 0 aliphatic rings. The zero-order valence-electron chi connectivity index (χ0n) is 8.57. The van der Waals surface area contributed by atoms with Crippen LogP contribution in [0.15, 0.2) is 39.7 Å². The molecule has 2 rings (SSSR count). The molecular formula is C11H10BrNO2S. The first kappa shape index (κ1) is 11.9. The largest absolute Gasteiger partial charge is 0.182 e. The zero-order valence-corrected chi connectivity index (χ0v) is 11.0. The molecule has 0 atom stereocenters. The van der Waals surface area contributed by atoms with Gasteiger partial charge in [-0.25, -0.2) is 0 Å². The van der Waals surface area contributed by atoms with Gasteiger partial charge in [0.05, 0.1) is 12.0 Å². The lowest BCUT2D eigenvalue weighted by molar-refractivity contribution is -0.195. The molecule has 0 aromatic heterocycles. The summed E-state index contributed by atoms with van der Waals surface area (Å²) in [6.07, 6.45) is 0. The van der Waals surface area contributed by atoms with Crippen LogP contribution in [0.1, 0.15) is 5.56 Å². The minimum atomic E-state index is 0.982. The van der Waals surface area contributed by atoms with Crippen molar-refractivity contribution in [1.29, 1.82) is 0 Å². The fourth-order valence-electron chi connectivity index (χ4n) is 1.51. The van der Waals surface area contributed by atoms with Crippen LogP contribution in [-0.2, 0) is 9.32 Å². The number of nitrogens with two attached hydrogens (primary N) is 1. The predicted molar refractivity (Wildman–Crippen MR) is 68.6 cm³/mol. The van der Waals surface area contributed by atoms with E-state index >= 15 is 0 Å². The molecule has 0 bridgehead atoms. The molecule has 0 radical (unpaired) electrons. The van der Waals surface area contributed by atoms with Crippen LogP contribution in [0.3, 0.4) is 0 Å². The highest BCUT2D eigenvalue weighted by Gasteiger charge is 2.04. The van der Waals surface area contributed by atoms with Gasteiger partial charge in [0.15, 0.2) is 0 Å². The number of halogens is 1. The lowest BCUT2D eigenvalue weighted by Crippen LogP contribution is -1.94. The summed E-state index contributed by atoms with van der Waals surface area (Å²) in [4.78, 5) is 5.07. The smallest absolute Gasteiger partial charge is 0.0705 e. The predicted octanol–water partition coefficient (Wildman–Crippen LogP) is 3.74. The Balaban J connectivity index is 2.46. The molecular weight excluding hydrogens is 290 g/mol. The molecule has 0 unspecified atom stereocenters. The van der Waals surface area contributed by atoms with Crippen molar-refractivity contribution in [3.63, 3.8) is 0 Å². The number of rotatable bonds is 3. The summed E-state index contributed by atoms with van der Waals surface area (Å²) in [7, 11) is 0. The van der Waals surface area contributed by atoms with Crippen molar-refractivity contribution >= 4 is 38.7 Å². The summed E-state index contributed by atoms with van der Waals surface area (Å²) < 4.78 is 5.71. The van der Waals surface area contributed by atoms with Crippen molar-refractivity contribution < 1.29 is 9.32 Å². The van der Waals surface area contributed by atoms with E-state index in [9.17, 15) is 0 Å². The highest BCUT2D eigenvalue weighted by atomic mass is 79.9. The summed E-state index contributed by atoms with van der Waals surface area (Å²) >= 11 is 4.55. The van der Waals surface area contributed by atoms with E-state index in [1.165, 1.54) is 5.39 Å². The lowest BCUT2D eigenvalue weighted by atomic mass is 10.1. The van der Waals surface area contributed by atoms with Gasteiger partial charge >= 0.3 is 0 Å². The monoisotopic (exact) mass is 299 g/mol. The summed E-state index contributed by atoms with van der Waals surface area (Å²) in [5, 5.41) is 2.34. The highest BCUT2D eigenvalue weighted by molar-refractivity contribution is 9.10. The quantitative estimate of drug-likeness (QED) is 0.533. The van der Waals surface area contributed by atoms with Gasteiger partial charge in [0.1, 0.15) is 0 Å². The maximum atomic E-state index is 4.81. The van der Waals surface area contributed by atoms with Crippen LogP contribution in [0.2, 0.25) is 0 Å². The van der Waals surface area contributed by atoms with Crippen molar-refractivity contribution in [3.05, 3.63) is 40.4 Å². The number of aryl methyl sites for hydroxylation is 1. The number of fused-ring (bicyclic) bond motifs is 1. The SMILES string of the molecule is Cc1cc2ccc(Br)cc2cc1SOON. The van der Waals surface area contributed by atoms with Crippen LogP contribution in [-0.4, -0.2) is 0 Å². The van der Waals surface area contributed by atoms with Gasteiger partial charge in [-0.05, 0) is 41.5 Å². The summed E-state index contributed by atoms with van der Waals surface area (Å²) in [6.45, 7) is 2.02. The van der Waals surface area contributed by atoms with Gasteiger partial charge in [0, 0.05) is 9.37 Å². The highest BCUT2D eigenvalue weighted by Crippen LogP contribution is 2.29. The molecule has 2 N–H and O–H groups in total. The third-order valence-corrected chi connectivity index (χ3v) is 3.52. The Morgan fingerprint density at radius 2 is 2.00 bits per heavy atom. The van der Waals surface area contributed by atoms with Crippen LogP contribution in [0.25, 0.3) is 10.8 Å². The molecule has 3 nitrogen and oxygen atoms in total. The van der Waals surface area contributed by atoms with Crippen molar-refractivity contribution in [2.45, 2.75) is 11.8 Å². The van der Waals surface area contributed by atoms with Crippen LogP contribution in [0.4, 0.5) is 0 Å². The van der Waals surface area contributed by atoms with Gasteiger partial charge in [-0.1, -0.05) is 28.1 Å². The molecule has 16 heavy (non-hydrogen) atoms. The van der Waals surface area contributed by atoms with Gasteiger partial charge in [0.2, 0.25) is 0 Å². The minimum absolute atomic E-state index is 0.982. The van der Waals surface area contributed by atoms with Crippen LogP contribution >= 0.6 is 28.0 Å². The van der Waals surface area contributed by atoms with Crippen molar-refractivity contribution in [2.24, 2.45) is 5.90 Å². The molecule has 0 saturated heterocycles. The van der Waals surface area contributed by atoms with E-state index in [-0.39, 0.29) is 0 Å². The zero-order chi connectivity index (χ0) is 11.5. The van der Waals surface area contributed by atoms with E-state index in [1.54, 1.807) is 0 Å². The maximum Gasteiger partial charge on any atom is 0.0705 e. The molecule has 0 aliphatic carbocycles. The average molecular weight is 300 g/mol. The van der Waals surface area contributed by atoms with Crippen LogP contribution < -0.4 is 5.90 Å². The first-order chi connectivity index (χ1) is 7.70. The first-order valence-electron chi connectivity index (χ1n) is 4.60. The first-order valence-corrected chi connectivity index (χ1v) is 6.14. The third kappa shape index (κ3) is 2.56. The van der Waals surface area contributed by atoms with Crippen LogP contribution in [0.5, 0.6) is 0 Å². The number of benzene rings is 2. The Bertz CT molecular complexity index is 519. The summed E-state index contributed by atoms with van der Waals surface area (Å²) in [6, 6.07) is 10.3. The second-order valence-electron chi connectivity index (χ2n) is 3.36. The van der Waals surface area contributed by atoms with Crippen LogP contribution in [0, 0.1) is 6.92 Å². The van der Waals surface area contributed by atoms with E-state index in [0.717, 1.165) is 32.4 Å². The molecule has 0 heterocycles. The average Bonchev–Trinajstić information content (AvgIpc) is 2.27. The molecule has 0 aliphatic heterocycles. The van der Waals surface area contributed by atoms with E-state index < -0.39 is 0 Å². The molecule has 84 valence electrons. The molecule has 0 fully saturated rings. The molecule has 0 amide bonds. The fourth-order valence-corrected chi connectivity index (χ4v) is 2.36. The van der Waals surface area contributed by atoms with Gasteiger partial charge in [-0.15, -0.1) is 9.32 Å². The topological polar surface area (TPSA) is 44.5 Å². The van der Waals surface area contributed by atoms with Gasteiger partial charge in [-0.3, -0.25) is 0 Å². The number of hydrogen-bond donors (Lipinski definition) is 1. The molecule has 5 heteroatoms. The molecule has 2 aromatic rings. The van der Waals surface area contributed by atoms with Gasteiger partial charge in [0.25, 0.3) is 0 Å². The Labute approximate surface area is 106 Å². The lowest BCUT2D eigenvalue weighted by Gasteiger charge is -2.06. The van der Waals surface area contributed by atoms with Gasteiger partial charge < -0.3 is 0 Å². The molecule has 0 saturated carbocycles. The second-order valence-corrected chi connectivity index (χ2v) is 5.02.